The van der Waals surface area contributed by atoms with Gasteiger partial charge in [-0.2, -0.15) is 0 Å². The fourth-order valence-corrected chi connectivity index (χ4v) is 3.77. The highest BCUT2D eigenvalue weighted by atomic mass is 32.2. The summed E-state index contributed by atoms with van der Waals surface area (Å²) in [6.45, 7) is 6.02. The third-order valence-electron chi connectivity index (χ3n) is 2.90. The lowest BCUT2D eigenvalue weighted by Gasteiger charge is -2.09. The molecule has 0 aliphatic heterocycles. The smallest absolute Gasteiger partial charge is 0.206 e. The molecule has 2 rings (SSSR count). The Morgan fingerprint density at radius 2 is 1.90 bits per heavy atom. The van der Waals surface area contributed by atoms with Gasteiger partial charge in [0.2, 0.25) is 5.13 Å². The van der Waals surface area contributed by atoms with Gasteiger partial charge in [-0.1, -0.05) is 40.8 Å². The van der Waals surface area contributed by atoms with E-state index < -0.39 is 0 Å². The lowest BCUT2D eigenvalue weighted by molar-refractivity contribution is 0.102. The molecule has 0 radical (unpaired) electrons. The predicted octanol–water partition coefficient (Wildman–Crippen LogP) is 3.48. The minimum absolute atomic E-state index is 0.145. The van der Waals surface area contributed by atoms with E-state index in [1.807, 2.05) is 20.8 Å². The van der Waals surface area contributed by atoms with Crippen LogP contribution in [-0.4, -0.2) is 28.8 Å². The lowest BCUT2D eigenvalue weighted by Crippen LogP contribution is -2.07. The molecule has 0 aliphatic rings. The molecular weight excluding hydrogens is 290 g/mol. The van der Waals surface area contributed by atoms with Crippen LogP contribution < -0.4 is 5.32 Å². The van der Waals surface area contributed by atoms with Gasteiger partial charge in [-0.05, 0) is 31.9 Å². The molecule has 6 heteroatoms. The summed E-state index contributed by atoms with van der Waals surface area (Å²) in [7, 11) is 1.80. The largest absolute Gasteiger partial charge is 0.363 e. The number of aromatic nitrogens is 2. The Labute approximate surface area is 127 Å². The number of rotatable bonds is 5. The van der Waals surface area contributed by atoms with Gasteiger partial charge < -0.3 is 5.32 Å². The van der Waals surface area contributed by atoms with Crippen molar-refractivity contribution in [2.75, 3.05) is 18.1 Å². The van der Waals surface area contributed by atoms with Crippen molar-refractivity contribution in [3.63, 3.8) is 0 Å². The number of hydrogen-bond acceptors (Lipinski definition) is 6. The van der Waals surface area contributed by atoms with Crippen LogP contribution in [0.15, 0.2) is 16.5 Å². The molecule has 0 saturated heterocycles. The molecule has 1 aromatic heterocycles. The van der Waals surface area contributed by atoms with E-state index in [9.17, 15) is 4.79 Å². The summed E-state index contributed by atoms with van der Waals surface area (Å²) < 4.78 is 0.810. The molecule has 0 unspecified atom stereocenters. The second-order valence-electron chi connectivity index (χ2n) is 4.61. The Morgan fingerprint density at radius 3 is 2.45 bits per heavy atom. The van der Waals surface area contributed by atoms with E-state index in [-0.39, 0.29) is 5.78 Å². The molecule has 1 aromatic carbocycles. The van der Waals surface area contributed by atoms with Crippen LogP contribution in [0, 0.1) is 20.8 Å². The van der Waals surface area contributed by atoms with Crippen LogP contribution in [0.2, 0.25) is 0 Å². The second-order valence-corrected chi connectivity index (χ2v) is 6.81. The van der Waals surface area contributed by atoms with Crippen molar-refractivity contribution in [2.24, 2.45) is 0 Å². The maximum absolute atomic E-state index is 12.4. The van der Waals surface area contributed by atoms with Crippen molar-refractivity contribution in [3.05, 3.63) is 34.4 Å². The third-order valence-corrected chi connectivity index (χ3v) is 4.98. The summed E-state index contributed by atoms with van der Waals surface area (Å²) >= 11 is 2.89. The van der Waals surface area contributed by atoms with Crippen LogP contribution in [0.25, 0.3) is 0 Å². The maximum Gasteiger partial charge on any atom is 0.206 e. The molecule has 0 atom stereocenters. The van der Waals surface area contributed by atoms with Gasteiger partial charge in [0.05, 0.1) is 5.75 Å². The summed E-state index contributed by atoms with van der Waals surface area (Å²) in [5, 5.41) is 11.7. The molecule has 1 N–H and O–H groups in total. The number of thioether (sulfide) groups is 1. The van der Waals surface area contributed by atoms with Crippen LogP contribution in [0.4, 0.5) is 5.13 Å². The molecule has 2 aromatic rings. The Hall–Kier alpha value is -1.40. The molecule has 0 fully saturated rings. The highest BCUT2D eigenvalue weighted by Crippen LogP contribution is 2.27. The Balaban J connectivity index is 2.09. The Bertz CT molecular complexity index is 614. The van der Waals surface area contributed by atoms with E-state index in [1.54, 1.807) is 7.05 Å². The molecule has 0 bridgehead atoms. The zero-order chi connectivity index (χ0) is 14.7. The number of aryl methyl sites for hydroxylation is 3. The van der Waals surface area contributed by atoms with Gasteiger partial charge in [-0.15, -0.1) is 10.2 Å². The summed E-state index contributed by atoms with van der Waals surface area (Å²) in [5.74, 6) is 0.537. The number of carbonyl (C=O) groups is 1. The van der Waals surface area contributed by atoms with Crippen molar-refractivity contribution in [2.45, 2.75) is 25.1 Å². The van der Waals surface area contributed by atoms with Gasteiger partial charge in [0, 0.05) is 12.6 Å². The number of benzene rings is 1. The minimum atomic E-state index is 0.145. The zero-order valence-electron chi connectivity index (χ0n) is 12.0. The first kappa shape index (κ1) is 15.0. The van der Waals surface area contributed by atoms with E-state index in [0.29, 0.717) is 5.75 Å². The molecule has 4 nitrogen and oxygen atoms in total. The number of ketones is 1. The average molecular weight is 307 g/mol. The van der Waals surface area contributed by atoms with Gasteiger partial charge >= 0.3 is 0 Å². The SMILES string of the molecule is CNc1nnc(SCC(=O)c2c(C)cc(C)cc2C)s1. The first-order valence-electron chi connectivity index (χ1n) is 6.26. The number of Topliss-reactive ketones (excluding diaryl/α,β-unsaturated/α-hetero) is 1. The topological polar surface area (TPSA) is 54.9 Å². The second kappa shape index (κ2) is 6.37. The lowest BCUT2D eigenvalue weighted by atomic mass is 9.97. The monoisotopic (exact) mass is 307 g/mol. The van der Waals surface area contributed by atoms with E-state index in [0.717, 1.165) is 26.2 Å². The zero-order valence-corrected chi connectivity index (χ0v) is 13.6. The first-order valence-corrected chi connectivity index (χ1v) is 8.06. The van der Waals surface area contributed by atoms with E-state index in [1.165, 1.54) is 28.7 Å². The van der Waals surface area contributed by atoms with Gasteiger partial charge in [0.15, 0.2) is 10.1 Å². The fourth-order valence-electron chi connectivity index (χ4n) is 2.19. The summed E-state index contributed by atoms with van der Waals surface area (Å²) in [6.07, 6.45) is 0. The van der Waals surface area contributed by atoms with Gasteiger partial charge in [0.25, 0.3) is 0 Å². The predicted molar refractivity (Wildman–Crippen MR) is 85.2 cm³/mol. The number of carbonyl (C=O) groups excluding carboxylic acids is 1. The average Bonchev–Trinajstić information content (AvgIpc) is 2.83. The molecule has 0 amide bonds. The normalized spacial score (nSPS) is 10.6. The minimum Gasteiger partial charge on any atom is -0.363 e. The first-order chi connectivity index (χ1) is 9.51. The molecule has 0 saturated carbocycles. The summed E-state index contributed by atoms with van der Waals surface area (Å²) in [6, 6.07) is 4.10. The van der Waals surface area contributed by atoms with Crippen molar-refractivity contribution >= 4 is 34.0 Å². The van der Waals surface area contributed by atoms with Crippen LogP contribution in [0.1, 0.15) is 27.0 Å². The van der Waals surface area contributed by atoms with E-state index >= 15 is 0 Å². The van der Waals surface area contributed by atoms with Crippen molar-refractivity contribution < 1.29 is 4.79 Å². The fraction of sp³-hybridized carbons (Fsp3) is 0.357. The molecule has 106 valence electrons. The molecule has 20 heavy (non-hydrogen) atoms. The molecular formula is C14H17N3OS2. The Morgan fingerprint density at radius 1 is 1.25 bits per heavy atom. The van der Waals surface area contributed by atoms with Crippen LogP contribution >= 0.6 is 23.1 Å². The molecule has 1 heterocycles. The van der Waals surface area contributed by atoms with Gasteiger partial charge in [-0.25, -0.2) is 0 Å². The maximum atomic E-state index is 12.4. The number of nitrogens with one attached hydrogen (secondary N) is 1. The third kappa shape index (κ3) is 3.37. The van der Waals surface area contributed by atoms with Gasteiger partial charge in [0.1, 0.15) is 0 Å². The van der Waals surface area contributed by atoms with Crippen molar-refractivity contribution in [1.29, 1.82) is 0 Å². The quantitative estimate of drug-likeness (QED) is 0.677. The van der Waals surface area contributed by atoms with E-state index in [4.69, 9.17) is 0 Å². The van der Waals surface area contributed by atoms with Gasteiger partial charge in [-0.3, -0.25) is 4.79 Å². The number of anilines is 1. The van der Waals surface area contributed by atoms with Crippen LogP contribution in [0.3, 0.4) is 0 Å². The molecule has 0 aliphatic carbocycles. The highest BCUT2D eigenvalue weighted by molar-refractivity contribution is 8.01. The number of hydrogen-bond donors (Lipinski definition) is 1. The highest BCUT2D eigenvalue weighted by Gasteiger charge is 2.14. The summed E-state index contributed by atoms with van der Waals surface area (Å²) in [4.78, 5) is 12.4. The molecule has 0 spiro atoms. The Kier molecular flexibility index (Phi) is 4.77. The summed E-state index contributed by atoms with van der Waals surface area (Å²) in [5.41, 5.74) is 4.11. The van der Waals surface area contributed by atoms with Crippen molar-refractivity contribution in [3.8, 4) is 0 Å². The van der Waals surface area contributed by atoms with E-state index in [2.05, 4.69) is 27.6 Å². The standard InChI is InChI=1S/C14H17N3OS2/c1-8-5-9(2)12(10(3)6-8)11(18)7-19-14-17-16-13(15-4)20-14/h5-6H,7H2,1-4H3,(H,15,16). The van der Waals surface area contributed by atoms with Crippen molar-refractivity contribution in [1.82, 2.24) is 10.2 Å². The van der Waals surface area contributed by atoms with Crippen LogP contribution in [-0.2, 0) is 0 Å². The van der Waals surface area contributed by atoms with Crippen LogP contribution in [0.5, 0.6) is 0 Å². The number of nitrogens with zero attached hydrogens (tertiary/aromatic N) is 2.